The second-order valence-corrected chi connectivity index (χ2v) is 6.56. The average molecular weight is 393 g/mol. The first-order valence-electron chi connectivity index (χ1n) is 8.71. The van der Waals surface area contributed by atoms with Gasteiger partial charge in [0, 0.05) is 6.54 Å². The number of likely N-dealkylation sites (N-methyl/N-ethyl adjacent to an activating group) is 1. The standard InChI is InChI=1S/C20H22F3N3O2/c1-13(14-6-4-3-5-7-14)10-24-17(27)11-26(2)12-18(28)25-16-9-8-15(21)19(22)20(16)23/h3-9,13H,10-12H2,1-2H3,(H,24,27)(H,25,28)/t13-/m1/s1. The molecule has 0 aliphatic rings. The van der Waals surface area contributed by atoms with E-state index in [-0.39, 0.29) is 24.9 Å². The van der Waals surface area contributed by atoms with Crippen LogP contribution in [0.15, 0.2) is 42.5 Å². The molecule has 0 spiro atoms. The zero-order valence-electron chi connectivity index (χ0n) is 15.6. The van der Waals surface area contributed by atoms with Crippen LogP contribution in [0.4, 0.5) is 18.9 Å². The number of benzene rings is 2. The van der Waals surface area contributed by atoms with Crippen molar-refractivity contribution in [3.8, 4) is 0 Å². The number of halogens is 3. The Morgan fingerprint density at radius 1 is 0.964 bits per heavy atom. The highest BCUT2D eigenvalue weighted by atomic mass is 19.2. The lowest BCUT2D eigenvalue weighted by molar-refractivity contribution is -0.123. The van der Waals surface area contributed by atoms with Gasteiger partial charge in [0.05, 0.1) is 18.8 Å². The van der Waals surface area contributed by atoms with Gasteiger partial charge in [0.25, 0.3) is 0 Å². The number of amides is 2. The summed E-state index contributed by atoms with van der Waals surface area (Å²) in [5, 5.41) is 4.95. The molecule has 0 radical (unpaired) electrons. The number of nitrogens with zero attached hydrogens (tertiary/aromatic N) is 1. The predicted octanol–water partition coefficient (Wildman–Crippen LogP) is 2.89. The normalized spacial score (nSPS) is 11.9. The van der Waals surface area contributed by atoms with E-state index in [1.54, 1.807) is 7.05 Å². The molecule has 1 atom stereocenters. The van der Waals surface area contributed by atoms with Crippen molar-refractivity contribution in [3.63, 3.8) is 0 Å². The highest BCUT2D eigenvalue weighted by molar-refractivity contribution is 5.92. The first-order valence-corrected chi connectivity index (χ1v) is 8.71. The summed E-state index contributed by atoms with van der Waals surface area (Å²) in [6, 6.07) is 11.4. The quantitative estimate of drug-likeness (QED) is 0.678. The number of anilines is 1. The van der Waals surface area contributed by atoms with E-state index in [2.05, 4.69) is 10.6 Å². The van der Waals surface area contributed by atoms with Crippen LogP contribution in [-0.4, -0.2) is 43.4 Å². The zero-order valence-corrected chi connectivity index (χ0v) is 15.6. The predicted molar refractivity (Wildman–Crippen MR) is 100 cm³/mol. The van der Waals surface area contributed by atoms with Crippen LogP contribution >= 0.6 is 0 Å². The molecule has 0 saturated carbocycles. The summed E-state index contributed by atoms with van der Waals surface area (Å²) in [6.45, 7) is 2.17. The van der Waals surface area contributed by atoms with Crippen molar-refractivity contribution >= 4 is 17.5 Å². The van der Waals surface area contributed by atoms with Crippen LogP contribution in [0.25, 0.3) is 0 Å². The smallest absolute Gasteiger partial charge is 0.238 e. The van der Waals surface area contributed by atoms with Gasteiger partial charge in [0.15, 0.2) is 17.5 Å². The Balaban J connectivity index is 1.78. The summed E-state index contributed by atoms with van der Waals surface area (Å²) in [7, 11) is 1.54. The number of hydrogen-bond acceptors (Lipinski definition) is 3. The molecule has 2 aromatic rings. The second kappa shape index (κ2) is 9.89. The molecule has 0 aromatic heterocycles. The fraction of sp³-hybridized carbons (Fsp3) is 0.300. The lowest BCUT2D eigenvalue weighted by Gasteiger charge is -2.18. The molecule has 0 bridgehead atoms. The van der Waals surface area contributed by atoms with E-state index in [0.29, 0.717) is 6.54 Å². The van der Waals surface area contributed by atoms with Gasteiger partial charge in [-0.1, -0.05) is 37.3 Å². The molecule has 0 heterocycles. The molecular weight excluding hydrogens is 371 g/mol. The molecule has 5 nitrogen and oxygen atoms in total. The monoisotopic (exact) mass is 393 g/mol. The van der Waals surface area contributed by atoms with E-state index >= 15 is 0 Å². The molecular formula is C20H22F3N3O2. The van der Waals surface area contributed by atoms with Gasteiger partial charge in [0.2, 0.25) is 11.8 Å². The molecule has 2 aromatic carbocycles. The summed E-state index contributed by atoms with van der Waals surface area (Å²) < 4.78 is 39.7. The highest BCUT2D eigenvalue weighted by Crippen LogP contribution is 2.19. The average Bonchev–Trinajstić information content (AvgIpc) is 2.67. The molecule has 2 amide bonds. The van der Waals surface area contributed by atoms with Crippen molar-refractivity contribution in [2.45, 2.75) is 12.8 Å². The summed E-state index contributed by atoms with van der Waals surface area (Å²) in [5.74, 6) is -5.25. The van der Waals surface area contributed by atoms with Crippen LogP contribution in [0.2, 0.25) is 0 Å². The minimum Gasteiger partial charge on any atom is -0.354 e. The van der Waals surface area contributed by atoms with Crippen LogP contribution in [0, 0.1) is 17.5 Å². The third-order valence-corrected chi connectivity index (χ3v) is 4.11. The fourth-order valence-electron chi connectivity index (χ4n) is 2.58. The molecule has 150 valence electrons. The van der Waals surface area contributed by atoms with Crippen LogP contribution in [0.1, 0.15) is 18.4 Å². The number of rotatable bonds is 8. The maximum absolute atomic E-state index is 13.6. The Hall–Kier alpha value is -2.87. The van der Waals surface area contributed by atoms with Gasteiger partial charge in [-0.15, -0.1) is 0 Å². The topological polar surface area (TPSA) is 61.4 Å². The Morgan fingerprint density at radius 2 is 1.61 bits per heavy atom. The third kappa shape index (κ3) is 6.09. The summed E-state index contributed by atoms with van der Waals surface area (Å²) in [4.78, 5) is 25.4. The lowest BCUT2D eigenvalue weighted by Crippen LogP contribution is -2.40. The fourth-order valence-corrected chi connectivity index (χ4v) is 2.58. The van der Waals surface area contributed by atoms with Gasteiger partial charge in [-0.2, -0.15) is 0 Å². The first kappa shape index (κ1) is 21.4. The van der Waals surface area contributed by atoms with E-state index in [1.807, 2.05) is 37.3 Å². The minimum atomic E-state index is -1.65. The van der Waals surface area contributed by atoms with Gasteiger partial charge >= 0.3 is 0 Å². The number of carbonyl (C=O) groups is 2. The van der Waals surface area contributed by atoms with Crippen molar-refractivity contribution in [2.75, 3.05) is 32.0 Å². The van der Waals surface area contributed by atoms with Crippen LogP contribution in [0.3, 0.4) is 0 Å². The van der Waals surface area contributed by atoms with E-state index < -0.39 is 29.0 Å². The molecule has 2 rings (SSSR count). The summed E-state index contributed by atoms with van der Waals surface area (Å²) in [6.07, 6.45) is 0. The third-order valence-electron chi connectivity index (χ3n) is 4.11. The molecule has 0 aliphatic heterocycles. The number of carbonyl (C=O) groups excluding carboxylic acids is 2. The van der Waals surface area contributed by atoms with Gasteiger partial charge in [0.1, 0.15) is 0 Å². The zero-order chi connectivity index (χ0) is 20.7. The Bertz CT molecular complexity index is 831. The van der Waals surface area contributed by atoms with Crippen molar-refractivity contribution in [3.05, 3.63) is 65.5 Å². The molecule has 0 aliphatic carbocycles. The van der Waals surface area contributed by atoms with Crippen LogP contribution in [0.5, 0.6) is 0 Å². The van der Waals surface area contributed by atoms with Crippen molar-refractivity contribution in [2.24, 2.45) is 0 Å². The highest BCUT2D eigenvalue weighted by Gasteiger charge is 2.17. The van der Waals surface area contributed by atoms with Gasteiger partial charge in [-0.3, -0.25) is 14.5 Å². The van der Waals surface area contributed by atoms with E-state index in [0.717, 1.165) is 17.7 Å². The number of hydrogen-bond donors (Lipinski definition) is 2. The second-order valence-electron chi connectivity index (χ2n) is 6.56. The lowest BCUT2D eigenvalue weighted by atomic mass is 10.0. The molecule has 0 unspecified atom stereocenters. The van der Waals surface area contributed by atoms with Crippen molar-refractivity contribution < 1.29 is 22.8 Å². The van der Waals surface area contributed by atoms with Crippen molar-refractivity contribution in [1.82, 2.24) is 10.2 Å². The van der Waals surface area contributed by atoms with Crippen LogP contribution < -0.4 is 10.6 Å². The Kier molecular flexibility index (Phi) is 7.57. The van der Waals surface area contributed by atoms with E-state index in [1.165, 1.54) is 4.90 Å². The summed E-state index contributed by atoms with van der Waals surface area (Å²) in [5.41, 5.74) is 0.641. The van der Waals surface area contributed by atoms with E-state index in [4.69, 9.17) is 0 Å². The number of nitrogens with one attached hydrogen (secondary N) is 2. The maximum atomic E-state index is 13.6. The van der Waals surface area contributed by atoms with Crippen LogP contribution in [-0.2, 0) is 9.59 Å². The van der Waals surface area contributed by atoms with E-state index in [9.17, 15) is 22.8 Å². The maximum Gasteiger partial charge on any atom is 0.238 e. The molecule has 0 fully saturated rings. The minimum absolute atomic E-state index is 0.0464. The molecule has 28 heavy (non-hydrogen) atoms. The largest absolute Gasteiger partial charge is 0.354 e. The SMILES string of the molecule is C[C@H](CNC(=O)CN(C)CC(=O)Nc1ccc(F)c(F)c1F)c1ccccc1. The first-order chi connectivity index (χ1) is 13.3. The van der Waals surface area contributed by atoms with Gasteiger partial charge in [-0.25, -0.2) is 13.2 Å². The Morgan fingerprint density at radius 3 is 2.29 bits per heavy atom. The molecule has 0 saturated heterocycles. The van der Waals surface area contributed by atoms with Crippen molar-refractivity contribution in [1.29, 1.82) is 0 Å². The summed E-state index contributed by atoms with van der Waals surface area (Å²) >= 11 is 0. The molecule has 8 heteroatoms. The van der Waals surface area contributed by atoms with Gasteiger partial charge < -0.3 is 10.6 Å². The van der Waals surface area contributed by atoms with Gasteiger partial charge in [-0.05, 0) is 30.7 Å². The molecule has 2 N–H and O–H groups in total. The Labute approximate surface area is 161 Å².